The lowest BCUT2D eigenvalue weighted by molar-refractivity contribution is -0.110. The van der Waals surface area contributed by atoms with E-state index in [0.29, 0.717) is 19.3 Å². The Bertz CT molecular complexity index is 1800. The second-order valence-electron chi connectivity index (χ2n) is 10.7. The van der Waals surface area contributed by atoms with Gasteiger partial charge in [-0.05, 0) is 74.9 Å². The summed E-state index contributed by atoms with van der Waals surface area (Å²) in [6, 6.07) is 40.4. The van der Waals surface area contributed by atoms with Gasteiger partial charge in [0.15, 0.2) is 5.78 Å². The van der Waals surface area contributed by atoms with Crippen molar-refractivity contribution in [2.45, 2.75) is 19.3 Å². The normalized spacial score (nSPS) is 11.4. The molecule has 0 N–H and O–H groups in total. The molecule has 0 bridgehead atoms. The van der Waals surface area contributed by atoms with Crippen LogP contribution < -0.4 is 14.2 Å². The Kier molecular flexibility index (Phi) is 10.6. The molecule has 5 aromatic rings. The first-order valence-corrected chi connectivity index (χ1v) is 15.0. The molecule has 0 radical (unpaired) electrons. The van der Waals surface area contributed by atoms with Crippen molar-refractivity contribution >= 4 is 17.4 Å². The van der Waals surface area contributed by atoms with E-state index >= 15 is 0 Å². The summed E-state index contributed by atoms with van der Waals surface area (Å²) in [4.78, 5) is 13.5. The number of ether oxygens (including phenoxy) is 3. The first kappa shape index (κ1) is 31.1. The van der Waals surface area contributed by atoms with Crippen molar-refractivity contribution in [3.63, 3.8) is 0 Å². The Hall–Kier alpha value is -5.35. The minimum atomic E-state index is -0.0814. The summed E-state index contributed by atoms with van der Waals surface area (Å²) in [6.45, 7) is 0. The van der Waals surface area contributed by atoms with Gasteiger partial charge >= 0.3 is 0 Å². The predicted molar refractivity (Wildman–Crippen MR) is 183 cm³/mol. The van der Waals surface area contributed by atoms with E-state index in [4.69, 9.17) is 14.2 Å². The van der Waals surface area contributed by atoms with Gasteiger partial charge in [0.25, 0.3) is 0 Å². The highest BCUT2D eigenvalue weighted by molar-refractivity contribution is 6.06. The third kappa shape index (κ3) is 7.98. The molecule has 0 aromatic heterocycles. The van der Waals surface area contributed by atoms with E-state index in [-0.39, 0.29) is 5.78 Å². The second kappa shape index (κ2) is 15.4. The van der Waals surface area contributed by atoms with Crippen LogP contribution in [0.1, 0.15) is 38.9 Å². The van der Waals surface area contributed by atoms with Gasteiger partial charge in [-0.15, -0.1) is 0 Å². The summed E-state index contributed by atoms with van der Waals surface area (Å²) in [7, 11) is 5.08. The maximum atomic E-state index is 13.5. The largest absolute Gasteiger partial charge is 0.496 e. The lowest BCUT2D eigenvalue weighted by Gasteiger charge is -2.20. The molecule has 0 saturated heterocycles. The van der Waals surface area contributed by atoms with Gasteiger partial charge in [0.2, 0.25) is 0 Å². The van der Waals surface area contributed by atoms with E-state index in [1.807, 2.05) is 91.0 Å². The van der Waals surface area contributed by atoms with Crippen LogP contribution in [0.4, 0.5) is 0 Å². The monoisotopic (exact) mass is 594 g/mol. The van der Waals surface area contributed by atoms with Gasteiger partial charge in [0, 0.05) is 19.3 Å². The molecule has 0 atom stereocenters. The predicted octanol–water partition coefficient (Wildman–Crippen LogP) is 8.80. The van der Waals surface area contributed by atoms with Crippen LogP contribution >= 0.6 is 0 Å². The minimum absolute atomic E-state index is 0.0814. The molecule has 4 heteroatoms. The van der Waals surface area contributed by atoms with E-state index in [1.54, 1.807) is 33.5 Å². The Labute approximate surface area is 266 Å². The van der Waals surface area contributed by atoms with Gasteiger partial charge < -0.3 is 14.2 Å². The Morgan fingerprint density at radius 1 is 0.556 bits per heavy atom. The fraction of sp³-hybridized carbons (Fsp3) is 0.146. The number of methoxy groups -OCH3 is 3. The van der Waals surface area contributed by atoms with Gasteiger partial charge in [-0.1, -0.05) is 109 Å². The molecule has 0 fully saturated rings. The molecular formula is C41H38O4. The van der Waals surface area contributed by atoms with Gasteiger partial charge in [0.1, 0.15) is 17.2 Å². The van der Waals surface area contributed by atoms with Crippen molar-refractivity contribution in [3.05, 3.63) is 172 Å². The maximum absolute atomic E-state index is 13.5. The molecule has 0 spiro atoms. The topological polar surface area (TPSA) is 44.8 Å². The quantitative estimate of drug-likeness (QED) is 0.128. The molecule has 5 aromatic carbocycles. The molecule has 0 aliphatic rings. The van der Waals surface area contributed by atoms with Crippen molar-refractivity contribution in [2.75, 3.05) is 21.3 Å². The zero-order valence-electron chi connectivity index (χ0n) is 26.0. The number of allylic oxidation sites excluding steroid dienone is 3. The van der Waals surface area contributed by atoms with Crippen LogP contribution in [0.3, 0.4) is 0 Å². The summed E-state index contributed by atoms with van der Waals surface area (Å²) in [6.07, 6.45) is 7.07. The summed E-state index contributed by atoms with van der Waals surface area (Å²) >= 11 is 0. The first-order valence-electron chi connectivity index (χ1n) is 15.0. The Morgan fingerprint density at radius 3 is 1.69 bits per heavy atom. The first-order chi connectivity index (χ1) is 22.1. The smallest absolute Gasteiger partial charge is 0.178 e. The number of rotatable bonds is 13. The third-order valence-electron chi connectivity index (χ3n) is 7.88. The fourth-order valence-electron chi connectivity index (χ4n) is 5.64. The molecule has 0 unspecified atom stereocenters. The lowest BCUT2D eigenvalue weighted by Crippen LogP contribution is -2.06. The van der Waals surface area contributed by atoms with Crippen molar-refractivity contribution in [1.29, 1.82) is 0 Å². The molecule has 0 aliphatic carbocycles. The van der Waals surface area contributed by atoms with E-state index in [1.165, 1.54) is 0 Å². The molecule has 4 nitrogen and oxygen atoms in total. The number of hydrogen-bond donors (Lipinski definition) is 0. The van der Waals surface area contributed by atoms with Gasteiger partial charge in [-0.3, -0.25) is 4.79 Å². The van der Waals surface area contributed by atoms with Gasteiger partial charge in [-0.25, -0.2) is 0 Å². The highest BCUT2D eigenvalue weighted by atomic mass is 16.5. The van der Waals surface area contributed by atoms with Crippen molar-refractivity contribution in [2.24, 2.45) is 0 Å². The number of hydrogen-bond acceptors (Lipinski definition) is 4. The average Bonchev–Trinajstić information content (AvgIpc) is 3.09. The maximum Gasteiger partial charge on any atom is 0.178 e. The van der Waals surface area contributed by atoms with Gasteiger partial charge in [0.05, 0.1) is 21.3 Å². The zero-order chi connectivity index (χ0) is 31.4. The number of para-hydroxylation sites is 3. The highest BCUT2D eigenvalue weighted by Crippen LogP contribution is 2.34. The highest BCUT2D eigenvalue weighted by Gasteiger charge is 2.18. The van der Waals surface area contributed by atoms with Crippen LogP contribution in [-0.2, 0) is 24.1 Å². The van der Waals surface area contributed by atoms with E-state index < -0.39 is 0 Å². The molecule has 0 saturated carbocycles. The average molecular weight is 595 g/mol. The molecule has 226 valence electrons. The van der Waals surface area contributed by atoms with Crippen LogP contribution in [0.2, 0.25) is 0 Å². The van der Waals surface area contributed by atoms with E-state index in [0.717, 1.165) is 61.8 Å². The molecular weight excluding hydrogens is 556 g/mol. The summed E-state index contributed by atoms with van der Waals surface area (Å²) in [5.41, 5.74) is 8.35. The number of carbonyl (C=O) groups excluding carboxylic acids is 1. The Morgan fingerprint density at radius 2 is 1.07 bits per heavy atom. The summed E-state index contributed by atoms with van der Waals surface area (Å²) in [5, 5.41) is 0. The lowest BCUT2D eigenvalue weighted by atomic mass is 9.85. The van der Waals surface area contributed by atoms with Crippen LogP contribution in [0.25, 0.3) is 11.6 Å². The summed E-state index contributed by atoms with van der Waals surface area (Å²) in [5.74, 6) is 2.37. The second-order valence-corrected chi connectivity index (χ2v) is 10.7. The zero-order valence-corrected chi connectivity index (χ0v) is 26.0. The standard InChI is InChI=1S/C41H38O4/c1-43-39-21-10-7-16-32(39)26-31-19-13-20-37(38(31)29-34-18-9-12-23-41(34)45-3)35(27-33-17-8-11-22-40(33)44-2)28-36(42)25-24-30-14-5-4-6-15-30/h4-25,28H,26-27,29H2,1-3H3. The Balaban J connectivity index is 1.66. The van der Waals surface area contributed by atoms with Crippen LogP contribution in [0, 0.1) is 0 Å². The van der Waals surface area contributed by atoms with Crippen molar-refractivity contribution < 1.29 is 19.0 Å². The SMILES string of the molecule is COc1ccccc1CC(=CC(=O)C=Cc1ccccc1)c1cccc(Cc2ccccc2OC)c1Cc1ccccc1OC. The van der Waals surface area contributed by atoms with Gasteiger partial charge in [-0.2, -0.15) is 0 Å². The van der Waals surface area contributed by atoms with Crippen LogP contribution in [0.15, 0.2) is 133 Å². The molecule has 0 heterocycles. The van der Waals surface area contributed by atoms with Crippen molar-refractivity contribution in [1.82, 2.24) is 0 Å². The number of carbonyl (C=O) groups is 1. The molecule has 45 heavy (non-hydrogen) atoms. The number of ketones is 1. The summed E-state index contributed by atoms with van der Waals surface area (Å²) < 4.78 is 17.2. The van der Waals surface area contributed by atoms with Crippen LogP contribution in [-0.4, -0.2) is 27.1 Å². The van der Waals surface area contributed by atoms with E-state index in [9.17, 15) is 4.79 Å². The molecule has 0 amide bonds. The minimum Gasteiger partial charge on any atom is -0.496 e. The van der Waals surface area contributed by atoms with E-state index in [2.05, 4.69) is 36.4 Å². The van der Waals surface area contributed by atoms with Crippen LogP contribution in [0.5, 0.6) is 17.2 Å². The fourth-order valence-corrected chi connectivity index (χ4v) is 5.64. The molecule has 5 rings (SSSR count). The third-order valence-corrected chi connectivity index (χ3v) is 7.88. The number of benzene rings is 5. The van der Waals surface area contributed by atoms with Crippen molar-refractivity contribution in [3.8, 4) is 17.2 Å². The molecule has 0 aliphatic heterocycles.